The number of hydrogen-bond acceptors (Lipinski definition) is 8. The zero-order chi connectivity index (χ0) is 34.9. The predicted molar refractivity (Wildman–Crippen MR) is 172 cm³/mol. The van der Waals surface area contributed by atoms with Crippen LogP contribution in [0.4, 0.5) is 27.8 Å². The largest absolute Gasteiger partial charge is 0.444 e. The maximum Gasteiger partial charge on any atom is 0.412 e. The van der Waals surface area contributed by atoms with Gasteiger partial charge < -0.3 is 19.3 Å². The smallest absolute Gasteiger partial charge is 0.412 e. The zero-order valence-corrected chi connectivity index (χ0v) is 28.0. The van der Waals surface area contributed by atoms with E-state index in [2.05, 4.69) is 10.4 Å². The maximum atomic E-state index is 16.4. The lowest BCUT2D eigenvalue weighted by molar-refractivity contribution is 0.00274. The van der Waals surface area contributed by atoms with Gasteiger partial charge in [0.05, 0.1) is 32.8 Å². The molecular weight excluding hydrogens is 649 g/mol. The number of carbonyl (C=O) groups is 3. The van der Waals surface area contributed by atoms with E-state index in [4.69, 9.17) is 9.47 Å². The minimum Gasteiger partial charge on any atom is -0.444 e. The number of rotatable bonds is 2. The molecule has 2 aliphatic heterocycles. The molecule has 1 saturated heterocycles. The number of halogens is 3. The lowest BCUT2D eigenvalue weighted by Gasteiger charge is -2.42. The molecule has 3 amide bonds. The molecule has 48 heavy (non-hydrogen) atoms. The number of aryl methyl sites for hydroxylation is 1. The molecular formula is C33H33F3N6O5S. The van der Waals surface area contributed by atoms with Gasteiger partial charge in [-0.3, -0.25) is 14.8 Å². The molecule has 1 fully saturated rings. The van der Waals surface area contributed by atoms with Crippen molar-refractivity contribution in [2.45, 2.75) is 71.8 Å². The molecule has 0 radical (unpaired) electrons. The van der Waals surface area contributed by atoms with E-state index in [1.165, 1.54) is 15.6 Å². The number of ether oxygens (including phenoxy) is 2. The number of anilines is 1. The van der Waals surface area contributed by atoms with Gasteiger partial charge in [-0.2, -0.15) is 9.65 Å². The molecule has 252 valence electrons. The van der Waals surface area contributed by atoms with Gasteiger partial charge in [0.25, 0.3) is 5.91 Å². The third kappa shape index (κ3) is 5.89. The SMILES string of the molecule is CC(C)(C)OC(=O)Nc1sc2c(F)ccc(-c3c(F)cc4c5c3c(F)nn5CC[C@@H]3CN(C(=O)OC(C)(C)C)CCN3C4=O)c2c1C#N. The molecule has 15 heteroatoms. The van der Waals surface area contributed by atoms with Gasteiger partial charge in [-0.05, 0) is 65.7 Å². The fourth-order valence-corrected chi connectivity index (χ4v) is 7.23. The molecule has 0 saturated carbocycles. The highest BCUT2D eigenvalue weighted by molar-refractivity contribution is 7.23. The number of amides is 3. The maximum absolute atomic E-state index is 16.4. The van der Waals surface area contributed by atoms with Crippen molar-refractivity contribution in [2.75, 3.05) is 25.0 Å². The second-order valence-corrected chi connectivity index (χ2v) is 14.8. The van der Waals surface area contributed by atoms with Gasteiger partial charge in [0, 0.05) is 37.1 Å². The Morgan fingerprint density at radius 2 is 1.71 bits per heavy atom. The number of thiophene rings is 1. The summed E-state index contributed by atoms with van der Waals surface area (Å²) in [7, 11) is 0. The number of fused-ring (bicyclic) bond motifs is 2. The zero-order valence-electron chi connectivity index (χ0n) is 27.2. The van der Waals surface area contributed by atoms with Crippen molar-refractivity contribution in [1.29, 1.82) is 5.26 Å². The van der Waals surface area contributed by atoms with E-state index < -0.39 is 52.9 Å². The van der Waals surface area contributed by atoms with Crippen LogP contribution in [-0.4, -0.2) is 74.6 Å². The van der Waals surface area contributed by atoms with Crippen molar-refractivity contribution in [1.82, 2.24) is 19.6 Å². The van der Waals surface area contributed by atoms with E-state index in [0.29, 0.717) is 6.42 Å². The number of aromatic nitrogens is 2. The van der Waals surface area contributed by atoms with E-state index in [1.807, 2.05) is 6.07 Å². The minimum atomic E-state index is -1.05. The van der Waals surface area contributed by atoms with Crippen molar-refractivity contribution < 1.29 is 37.0 Å². The second-order valence-electron chi connectivity index (χ2n) is 13.7. The van der Waals surface area contributed by atoms with E-state index in [0.717, 1.165) is 23.5 Å². The summed E-state index contributed by atoms with van der Waals surface area (Å²) in [4.78, 5) is 42.4. The molecule has 6 rings (SSSR count). The Labute approximate surface area is 277 Å². The number of carbonyl (C=O) groups excluding carboxylic acids is 3. The van der Waals surface area contributed by atoms with Gasteiger partial charge in [-0.15, -0.1) is 16.4 Å². The Balaban J connectivity index is 1.45. The molecule has 4 heterocycles. The number of hydrogen-bond donors (Lipinski definition) is 1. The summed E-state index contributed by atoms with van der Waals surface area (Å²) in [5.41, 5.74) is -2.11. The molecule has 1 atom stereocenters. The average molecular weight is 683 g/mol. The summed E-state index contributed by atoms with van der Waals surface area (Å²) in [6.45, 7) is 10.9. The first kappa shape index (κ1) is 33.1. The third-order valence-corrected chi connectivity index (χ3v) is 9.12. The van der Waals surface area contributed by atoms with Crippen LogP contribution in [0.25, 0.3) is 32.1 Å². The van der Waals surface area contributed by atoms with Crippen LogP contribution in [0.15, 0.2) is 18.2 Å². The molecule has 2 aromatic heterocycles. The van der Waals surface area contributed by atoms with Gasteiger partial charge >= 0.3 is 12.2 Å². The van der Waals surface area contributed by atoms with Crippen LogP contribution in [0.3, 0.4) is 0 Å². The molecule has 2 aromatic carbocycles. The molecule has 0 aliphatic carbocycles. The monoisotopic (exact) mass is 682 g/mol. The average Bonchev–Trinajstić information content (AvgIpc) is 3.51. The highest BCUT2D eigenvalue weighted by atomic mass is 32.1. The molecule has 2 aliphatic rings. The number of benzene rings is 2. The van der Waals surface area contributed by atoms with E-state index >= 15 is 13.2 Å². The first-order chi connectivity index (χ1) is 22.5. The van der Waals surface area contributed by atoms with Crippen LogP contribution in [0.5, 0.6) is 0 Å². The van der Waals surface area contributed by atoms with Crippen LogP contribution in [0.1, 0.15) is 63.9 Å². The van der Waals surface area contributed by atoms with Gasteiger partial charge in [-0.25, -0.2) is 18.4 Å². The second kappa shape index (κ2) is 11.7. The minimum absolute atomic E-state index is 0.0164. The highest BCUT2D eigenvalue weighted by Gasteiger charge is 2.38. The summed E-state index contributed by atoms with van der Waals surface area (Å²) in [6, 6.07) is 4.81. The molecule has 0 spiro atoms. The Hall–Kier alpha value is -4.84. The Kier molecular flexibility index (Phi) is 8.06. The van der Waals surface area contributed by atoms with Crippen LogP contribution < -0.4 is 5.32 Å². The standard InChI is InChI=1S/C33H33F3N6O5S/c1-32(2,3)46-30(44)38-28-19(14-37)22-17(7-8-20(34)26(22)48-28)23-21(35)13-18-25-24(23)27(36)39-42(25)10-9-16-15-40(11-12-41(16)29(18)43)31(45)47-33(4,5)6/h7-8,13,16H,9-12,15H2,1-6H3,(H,38,44)/t16-/m1/s1. The van der Waals surface area contributed by atoms with Crippen molar-refractivity contribution >= 4 is 55.4 Å². The van der Waals surface area contributed by atoms with Crippen LogP contribution in [0.2, 0.25) is 0 Å². The van der Waals surface area contributed by atoms with Crippen molar-refractivity contribution in [3.8, 4) is 17.2 Å². The number of piperazine rings is 1. The molecule has 11 nitrogen and oxygen atoms in total. The molecule has 1 N–H and O–H groups in total. The summed E-state index contributed by atoms with van der Waals surface area (Å²) in [6.07, 6.45) is -1.08. The topological polar surface area (TPSA) is 130 Å². The van der Waals surface area contributed by atoms with Crippen molar-refractivity contribution in [2.24, 2.45) is 0 Å². The normalized spacial score (nSPS) is 16.8. The van der Waals surface area contributed by atoms with E-state index in [9.17, 15) is 19.6 Å². The summed E-state index contributed by atoms with van der Waals surface area (Å²) in [5.74, 6) is -3.33. The Morgan fingerprint density at radius 3 is 2.38 bits per heavy atom. The Morgan fingerprint density at radius 1 is 1.00 bits per heavy atom. The number of nitrogens with zero attached hydrogens (tertiary/aromatic N) is 5. The number of nitriles is 1. The fraction of sp³-hybridized carbons (Fsp3) is 0.424. The lowest BCUT2D eigenvalue weighted by atomic mass is 9.93. The first-order valence-electron chi connectivity index (χ1n) is 15.3. The number of nitrogens with one attached hydrogen (secondary N) is 1. The fourth-order valence-electron chi connectivity index (χ4n) is 6.16. The molecule has 4 aromatic rings. The highest BCUT2D eigenvalue weighted by Crippen LogP contribution is 2.46. The van der Waals surface area contributed by atoms with Crippen LogP contribution in [0, 0.1) is 28.9 Å². The van der Waals surface area contributed by atoms with E-state index in [-0.39, 0.29) is 74.4 Å². The van der Waals surface area contributed by atoms with Crippen molar-refractivity contribution in [3.63, 3.8) is 0 Å². The van der Waals surface area contributed by atoms with Crippen LogP contribution >= 0.6 is 11.3 Å². The Bertz CT molecular complexity index is 2060. The molecule has 0 unspecified atom stereocenters. The van der Waals surface area contributed by atoms with Crippen LogP contribution in [-0.2, 0) is 16.0 Å². The summed E-state index contributed by atoms with van der Waals surface area (Å²) >= 11 is 0.757. The van der Waals surface area contributed by atoms with Gasteiger partial charge in [-0.1, -0.05) is 6.07 Å². The van der Waals surface area contributed by atoms with Gasteiger partial charge in [0.2, 0.25) is 5.95 Å². The first-order valence-corrected chi connectivity index (χ1v) is 16.1. The third-order valence-electron chi connectivity index (χ3n) is 8.01. The quantitative estimate of drug-likeness (QED) is 0.241. The van der Waals surface area contributed by atoms with Gasteiger partial charge in [0.15, 0.2) is 0 Å². The summed E-state index contributed by atoms with van der Waals surface area (Å²) < 4.78 is 59.5. The molecule has 0 bridgehead atoms. The summed E-state index contributed by atoms with van der Waals surface area (Å²) in [5, 5.41) is 16.3. The van der Waals surface area contributed by atoms with E-state index in [1.54, 1.807) is 46.4 Å². The van der Waals surface area contributed by atoms with Crippen molar-refractivity contribution in [3.05, 3.63) is 46.9 Å². The predicted octanol–water partition coefficient (Wildman–Crippen LogP) is 7.02. The van der Waals surface area contributed by atoms with Gasteiger partial charge in [0.1, 0.15) is 33.9 Å². The lowest BCUT2D eigenvalue weighted by Crippen LogP contribution is -2.57.